The molecule has 0 aliphatic heterocycles. The lowest BCUT2D eigenvalue weighted by Gasteiger charge is -2.25. The molecule has 0 atom stereocenters. The van der Waals surface area contributed by atoms with Gasteiger partial charge in [0.15, 0.2) is 0 Å². The third-order valence-corrected chi connectivity index (χ3v) is 4.09. The predicted octanol–water partition coefficient (Wildman–Crippen LogP) is 5.45. The summed E-state index contributed by atoms with van der Waals surface area (Å²) < 4.78 is 5.66. The zero-order chi connectivity index (χ0) is 16.7. The first-order valence-corrected chi connectivity index (χ1v) is 8.41. The zero-order valence-corrected chi connectivity index (χ0v) is 14.5. The average Bonchev–Trinajstić information content (AvgIpc) is 2.47. The summed E-state index contributed by atoms with van der Waals surface area (Å²) in [4.78, 5) is 0. The SMILES string of the molecule is CC(C)(C)c1ccccc1O.c1ccc(COC2CCC2)cc1. The van der Waals surface area contributed by atoms with E-state index in [1.165, 1.54) is 24.8 Å². The minimum atomic E-state index is 0.0331. The van der Waals surface area contributed by atoms with Crippen LogP contribution in [0.2, 0.25) is 0 Å². The van der Waals surface area contributed by atoms with Crippen LogP contribution in [0.4, 0.5) is 0 Å². The number of aromatic hydroxyl groups is 1. The highest BCUT2D eigenvalue weighted by Gasteiger charge is 2.17. The van der Waals surface area contributed by atoms with Gasteiger partial charge in [0.2, 0.25) is 0 Å². The summed E-state index contributed by atoms with van der Waals surface area (Å²) in [5, 5.41) is 9.45. The quantitative estimate of drug-likeness (QED) is 0.817. The van der Waals surface area contributed by atoms with Crippen LogP contribution in [0, 0.1) is 0 Å². The summed E-state index contributed by atoms with van der Waals surface area (Å²) in [6.45, 7) is 7.04. The van der Waals surface area contributed by atoms with Gasteiger partial charge in [0.25, 0.3) is 0 Å². The van der Waals surface area contributed by atoms with Gasteiger partial charge in [-0.25, -0.2) is 0 Å². The van der Waals surface area contributed by atoms with Crippen LogP contribution in [0.15, 0.2) is 54.6 Å². The molecule has 0 spiro atoms. The Morgan fingerprint density at radius 3 is 2.04 bits per heavy atom. The number of hydrogen-bond acceptors (Lipinski definition) is 2. The predicted molar refractivity (Wildman–Crippen MR) is 95.7 cm³/mol. The van der Waals surface area contributed by atoms with E-state index in [0.717, 1.165) is 12.2 Å². The Balaban J connectivity index is 0.000000168. The molecule has 1 saturated carbocycles. The highest BCUT2D eigenvalue weighted by atomic mass is 16.5. The molecule has 1 aliphatic carbocycles. The summed E-state index contributed by atoms with van der Waals surface area (Å²) in [6.07, 6.45) is 4.41. The van der Waals surface area contributed by atoms with Crippen molar-refractivity contribution in [2.45, 2.75) is 58.2 Å². The van der Waals surface area contributed by atoms with Crippen molar-refractivity contribution in [1.29, 1.82) is 0 Å². The van der Waals surface area contributed by atoms with E-state index >= 15 is 0 Å². The first-order valence-electron chi connectivity index (χ1n) is 8.41. The van der Waals surface area contributed by atoms with E-state index in [4.69, 9.17) is 4.74 Å². The van der Waals surface area contributed by atoms with Crippen LogP contribution >= 0.6 is 0 Å². The lowest BCUT2D eigenvalue weighted by molar-refractivity contribution is -0.00866. The fraction of sp³-hybridized carbons (Fsp3) is 0.429. The summed E-state index contributed by atoms with van der Waals surface area (Å²) in [5.74, 6) is 0.389. The second-order valence-corrected chi connectivity index (χ2v) is 7.12. The van der Waals surface area contributed by atoms with E-state index in [1.807, 2.05) is 24.3 Å². The van der Waals surface area contributed by atoms with Crippen molar-refractivity contribution in [3.05, 3.63) is 65.7 Å². The average molecular weight is 312 g/mol. The molecule has 2 nitrogen and oxygen atoms in total. The molecule has 0 heterocycles. The molecule has 1 N–H and O–H groups in total. The Hall–Kier alpha value is -1.80. The van der Waals surface area contributed by atoms with E-state index < -0.39 is 0 Å². The highest BCUT2D eigenvalue weighted by Crippen LogP contribution is 2.29. The number of para-hydroxylation sites is 1. The Labute approximate surface area is 140 Å². The van der Waals surface area contributed by atoms with Gasteiger partial charge in [-0.3, -0.25) is 0 Å². The van der Waals surface area contributed by atoms with Crippen molar-refractivity contribution < 1.29 is 9.84 Å². The van der Waals surface area contributed by atoms with Gasteiger partial charge in [-0.1, -0.05) is 69.3 Å². The molecule has 124 valence electrons. The maximum absolute atomic E-state index is 9.45. The van der Waals surface area contributed by atoms with Gasteiger partial charge in [0.05, 0.1) is 12.7 Å². The minimum Gasteiger partial charge on any atom is -0.508 e. The number of rotatable bonds is 3. The molecular formula is C21H28O2. The van der Waals surface area contributed by atoms with E-state index in [0.29, 0.717) is 11.9 Å². The topological polar surface area (TPSA) is 29.5 Å². The van der Waals surface area contributed by atoms with E-state index in [2.05, 4.69) is 45.0 Å². The first-order chi connectivity index (χ1) is 11.0. The monoisotopic (exact) mass is 312 g/mol. The molecule has 1 fully saturated rings. The lowest BCUT2D eigenvalue weighted by Crippen LogP contribution is -2.21. The zero-order valence-electron chi connectivity index (χ0n) is 14.5. The maximum atomic E-state index is 9.45. The fourth-order valence-electron chi connectivity index (χ4n) is 2.43. The van der Waals surface area contributed by atoms with Crippen molar-refractivity contribution in [3.8, 4) is 5.75 Å². The molecule has 2 aromatic rings. The number of ether oxygens (including phenoxy) is 1. The first kappa shape index (κ1) is 17.6. The standard InChI is InChI=1S/C11H14O.C10H14O/c1-2-5-10(6-3-1)9-12-11-7-4-8-11;1-10(2,3)8-6-4-5-7-9(8)11/h1-3,5-6,11H,4,7-9H2;4-7,11H,1-3H3. The van der Waals surface area contributed by atoms with E-state index in [1.54, 1.807) is 6.07 Å². The van der Waals surface area contributed by atoms with Crippen LogP contribution in [-0.4, -0.2) is 11.2 Å². The van der Waals surface area contributed by atoms with Crippen LogP contribution in [0.5, 0.6) is 5.75 Å². The normalized spacial score (nSPS) is 14.6. The summed E-state index contributed by atoms with van der Waals surface area (Å²) in [7, 11) is 0. The molecule has 0 bridgehead atoms. The molecule has 3 rings (SSSR count). The largest absolute Gasteiger partial charge is 0.508 e. The van der Waals surface area contributed by atoms with Crippen LogP contribution in [0.25, 0.3) is 0 Å². The van der Waals surface area contributed by atoms with Crippen LogP contribution in [-0.2, 0) is 16.8 Å². The molecule has 23 heavy (non-hydrogen) atoms. The van der Waals surface area contributed by atoms with Gasteiger partial charge in [0.1, 0.15) is 5.75 Å². The van der Waals surface area contributed by atoms with Crippen LogP contribution in [0.1, 0.15) is 51.2 Å². The molecule has 2 heteroatoms. The number of benzene rings is 2. The van der Waals surface area contributed by atoms with Crippen molar-refractivity contribution in [2.24, 2.45) is 0 Å². The van der Waals surface area contributed by atoms with Crippen molar-refractivity contribution in [1.82, 2.24) is 0 Å². The summed E-state index contributed by atoms with van der Waals surface area (Å²) >= 11 is 0. The fourth-order valence-corrected chi connectivity index (χ4v) is 2.43. The molecule has 0 radical (unpaired) electrons. The minimum absolute atomic E-state index is 0.0331. The van der Waals surface area contributed by atoms with Crippen molar-refractivity contribution in [3.63, 3.8) is 0 Å². The number of hydrogen-bond donors (Lipinski definition) is 1. The highest BCUT2D eigenvalue weighted by molar-refractivity contribution is 5.36. The Morgan fingerprint density at radius 2 is 1.57 bits per heavy atom. The molecule has 0 amide bonds. The summed E-state index contributed by atoms with van der Waals surface area (Å²) in [6, 6.07) is 17.8. The third kappa shape index (κ3) is 5.72. The van der Waals surface area contributed by atoms with Gasteiger partial charge in [-0.15, -0.1) is 0 Å². The van der Waals surface area contributed by atoms with E-state index in [9.17, 15) is 5.11 Å². The lowest BCUT2D eigenvalue weighted by atomic mass is 9.86. The van der Waals surface area contributed by atoms with Gasteiger partial charge in [-0.05, 0) is 41.9 Å². The van der Waals surface area contributed by atoms with Crippen molar-refractivity contribution in [2.75, 3.05) is 0 Å². The van der Waals surface area contributed by atoms with E-state index in [-0.39, 0.29) is 5.41 Å². The Morgan fingerprint density at radius 1 is 0.957 bits per heavy atom. The second kappa shape index (κ2) is 8.16. The van der Waals surface area contributed by atoms with Crippen LogP contribution < -0.4 is 0 Å². The Bertz CT molecular complexity index is 580. The van der Waals surface area contributed by atoms with Gasteiger partial charge in [-0.2, -0.15) is 0 Å². The molecule has 1 aliphatic rings. The van der Waals surface area contributed by atoms with Crippen LogP contribution in [0.3, 0.4) is 0 Å². The summed E-state index contributed by atoms with van der Waals surface area (Å²) in [5.41, 5.74) is 2.31. The second-order valence-electron chi connectivity index (χ2n) is 7.12. The molecule has 0 aromatic heterocycles. The third-order valence-electron chi connectivity index (χ3n) is 4.09. The number of phenolic OH excluding ortho intramolecular Hbond substituents is 1. The van der Waals surface area contributed by atoms with Crippen molar-refractivity contribution >= 4 is 0 Å². The van der Waals surface area contributed by atoms with Gasteiger partial charge >= 0.3 is 0 Å². The molecule has 0 saturated heterocycles. The van der Waals surface area contributed by atoms with Gasteiger partial charge in [0, 0.05) is 0 Å². The molecule has 0 unspecified atom stereocenters. The Kier molecular flexibility index (Phi) is 6.23. The maximum Gasteiger partial charge on any atom is 0.119 e. The van der Waals surface area contributed by atoms with Gasteiger partial charge < -0.3 is 9.84 Å². The molecular weight excluding hydrogens is 284 g/mol. The molecule has 2 aromatic carbocycles. The number of phenols is 1. The smallest absolute Gasteiger partial charge is 0.119 e.